The van der Waals surface area contributed by atoms with E-state index in [0.29, 0.717) is 6.04 Å². The van der Waals surface area contributed by atoms with E-state index in [-0.39, 0.29) is 0 Å². The second kappa shape index (κ2) is 6.47. The molecule has 0 aromatic heterocycles. The minimum Gasteiger partial charge on any atom is -0.314 e. The van der Waals surface area contributed by atoms with Crippen molar-refractivity contribution in [3.8, 4) is 0 Å². The minimum atomic E-state index is 0.627. The van der Waals surface area contributed by atoms with Crippen molar-refractivity contribution in [1.82, 2.24) is 5.32 Å². The molecule has 74 valence electrons. The highest BCUT2D eigenvalue weighted by Crippen LogP contribution is 2.18. The third kappa shape index (κ3) is 4.76. The van der Waals surface area contributed by atoms with Gasteiger partial charge in [0.25, 0.3) is 0 Å². The van der Waals surface area contributed by atoms with Crippen LogP contribution in [-0.2, 0) is 0 Å². The Morgan fingerprint density at radius 2 is 1.50 bits per heavy atom. The molecule has 0 saturated carbocycles. The molecule has 0 spiro atoms. The largest absolute Gasteiger partial charge is 0.314 e. The van der Waals surface area contributed by atoms with E-state index in [1.54, 1.807) is 0 Å². The third-order valence-electron chi connectivity index (χ3n) is 2.70. The lowest BCUT2D eigenvalue weighted by molar-refractivity contribution is 0.315. The minimum absolute atomic E-state index is 0.627. The number of rotatable bonds is 6. The summed E-state index contributed by atoms with van der Waals surface area (Å²) in [5.74, 6) is 1.72. The van der Waals surface area contributed by atoms with Crippen LogP contribution in [0.1, 0.15) is 47.5 Å². The molecule has 0 aliphatic rings. The van der Waals surface area contributed by atoms with Gasteiger partial charge >= 0.3 is 0 Å². The van der Waals surface area contributed by atoms with Gasteiger partial charge in [0.2, 0.25) is 0 Å². The van der Waals surface area contributed by atoms with Crippen molar-refractivity contribution in [1.29, 1.82) is 0 Å². The predicted octanol–water partition coefficient (Wildman–Crippen LogP) is 3.06. The number of hydrogen-bond acceptors (Lipinski definition) is 1. The Labute approximate surface area is 77.9 Å². The fourth-order valence-electron chi connectivity index (χ4n) is 1.68. The summed E-state index contributed by atoms with van der Waals surface area (Å²) in [7, 11) is 0. The summed E-state index contributed by atoms with van der Waals surface area (Å²) >= 11 is 0. The molecule has 0 aromatic carbocycles. The number of nitrogens with one attached hydrogen (secondary N) is 1. The van der Waals surface area contributed by atoms with E-state index in [1.165, 1.54) is 19.4 Å². The van der Waals surface area contributed by atoms with Crippen LogP contribution in [0.15, 0.2) is 0 Å². The van der Waals surface area contributed by atoms with Gasteiger partial charge in [-0.25, -0.2) is 0 Å². The van der Waals surface area contributed by atoms with Gasteiger partial charge in [0.1, 0.15) is 0 Å². The third-order valence-corrected chi connectivity index (χ3v) is 2.70. The first-order valence-corrected chi connectivity index (χ1v) is 5.35. The van der Waals surface area contributed by atoms with Crippen LogP contribution in [0.2, 0.25) is 0 Å². The Bertz CT molecular complexity index is 95.2. The number of hydrogen-bond donors (Lipinski definition) is 1. The van der Waals surface area contributed by atoms with E-state index in [2.05, 4.69) is 39.9 Å². The zero-order valence-corrected chi connectivity index (χ0v) is 9.35. The molecule has 1 atom stereocenters. The molecule has 1 nitrogen and oxygen atoms in total. The van der Waals surface area contributed by atoms with Crippen molar-refractivity contribution >= 4 is 0 Å². The topological polar surface area (TPSA) is 12.0 Å². The Kier molecular flexibility index (Phi) is 6.45. The average Bonchev–Trinajstić information content (AvgIpc) is 2.03. The van der Waals surface area contributed by atoms with Gasteiger partial charge < -0.3 is 5.32 Å². The van der Waals surface area contributed by atoms with Gasteiger partial charge in [-0.1, -0.05) is 47.5 Å². The molecule has 0 heterocycles. The van der Waals surface area contributed by atoms with Crippen molar-refractivity contribution in [2.45, 2.75) is 53.5 Å². The van der Waals surface area contributed by atoms with Crippen molar-refractivity contribution in [3.63, 3.8) is 0 Å². The standard InChI is InChI=1S/C11H25N/c1-6-11(7-2)10(5)8-12-9(3)4/h9-12H,6-8H2,1-5H3. The van der Waals surface area contributed by atoms with Gasteiger partial charge in [-0.3, -0.25) is 0 Å². The van der Waals surface area contributed by atoms with Crippen LogP contribution in [0, 0.1) is 11.8 Å². The van der Waals surface area contributed by atoms with Crippen molar-refractivity contribution in [2.24, 2.45) is 11.8 Å². The Hall–Kier alpha value is -0.0400. The summed E-state index contributed by atoms with van der Waals surface area (Å²) in [6, 6.07) is 0.627. The predicted molar refractivity (Wildman–Crippen MR) is 56.4 cm³/mol. The highest BCUT2D eigenvalue weighted by molar-refractivity contribution is 4.67. The Balaban J connectivity index is 3.61. The summed E-state index contributed by atoms with van der Waals surface area (Å²) < 4.78 is 0. The molecule has 0 aliphatic heterocycles. The van der Waals surface area contributed by atoms with Gasteiger partial charge in [0.05, 0.1) is 0 Å². The first-order valence-electron chi connectivity index (χ1n) is 5.35. The molecular weight excluding hydrogens is 146 g/mol. The maximum Gasteiger partial charge on any atom is 0.00104 e. The van der Waals surface area contributed by atoms with Crippen LogP contribution in [0.4, 0.5) is 0 Å². The molecule has 1 unspecified atom stereocenters. The molecule has 0 aliphatic carbocycles. The summed E-state index contributed by atoms with van der Waals surface area (Å²) in [6.45, 7) is 12.5. The maximum atomic E-state index is 3.49. The van der Waals surface area contributed by atoms with Gasteiger partial charge in [0.15, 0.2) is 0 Å². The summed E-state index contributed by atoms with van der Waals surface area (Å²) in [6.07, 6.45) is 2.63. The second-order valence-electron chi connectivity index (χ2n) is 4.12. The first kappa shape index (κ1) is 12.0. The molecule has 0 radical (unpaired) electrons. The van der Waals surface area contributed by atoms with Crippen LogP contribution in [-0.4, -0.2) is 12.6 Å². The monoisotopic (exact) mass is 171 g/mol. The fraction of sp³-hybridized carbons (Fsp3) is 1.00. The van der Waals surface area contributed by atoms with E-state index < -0.39 is 0 Å². The summed E-state index contributed by atoms with van der Waals surface area (Å²) in [5.41, 5.74) is 0. The van der Waals surface area contributed by atoms with Crippen LogP contribution in [0.25, 0.3) is 0 Å². The molecule has 0 bridgehead atoms. The molecule has 1 heteroatoms. The summed E-state index contributed by atoms with van der Waals surface area (Å²) in [4.78, 5) is 0. The quantitative estimate of drug-likeness (QED) is 0.647. The molecule has 0 amide bonds. The maximum absolute atomic E-state index is 3.49. The smallest absolute Gasteiger partial charge is 0.00104 e. The Morgan fingerprint density at radius 1 is 1.00 bits per heavy atom. The van der Waals surface area contributed by atoms with Crippen molar-refractivity contribution in [2.75, 3.05) is 6.54 Å². The lowest BCUT2D eigenvalue weighted by atomic mass is 9.89. The van der Waals surface area contributed by atoms with Crippen LogP contribution >= 0.6 is 0 Å². The van der Waals surface area contributed by atoms with E-state index in [1.807, 2.05) is 0 Å². The van der Waals surface area contributed by atoms with Gasteiger partial charge in [0, 0.05) is 6.04 Å². The highest BCUT2D eigenvalue weighted by atomic mass is 14.9. The zero-order chi connectivity index (χ0) is 9.56. The molecule has 0 rings (SSSR count). The molecule has 1 N–H and O–H groups in total. The molecule has 12 heavy (non-hydrogen) atoms. The van der Waals surface area contributed by atoms with E-state index >= 15 is 0 Å². The van der Waals surface area contributed by atoms with Gasteiger partial charge in [-0.15, -0.1) is 0 Å². The fourth-order valence-corrected chi connectivity index (χ4v) is 1.68. The van der Waals surface area contributed by atoms with Crippen LogP contribution < -0.4 is 5.32 Å². The first-order chi connectivity index (χ1) is 5.61. The summed E-state index contributed by atoms with van der Waals surface area (Å²) in [5, 5.41) is 3.49. The van der Waals surface area contributed by atoms with E-state index in [9.17, 15) is 0 Å². The van der Waals surface area contributed by atoms with Crippen LogP contribution in [0.3, 0.4) is 0 Å². The SMILES string of the molecule is CCC(CC)C(C)CNC(C)C. The second-order valence-corrected chi connectivity index (χ2v) is 4.12. The van der Waals surface area contributed by atoms with E-state index in [4.69, 9.17) is 0 Å². The van der Waals surface area contributed by atoms with Crippen molar-refractivity contribution in [3.05, 3.63) is 0 Å². The van der Waals surface area contributed by atoms with Gasteiger partial charge in [-0.05, 0) is 18.4 Å². The van der Waals surface area contributed by atoms with Gasteiger partial charge in [-0.2, -0.15) is 0 Å². The Morgan fingerprint density at radius 3 is 1.83 bits per heavy atom. The normalized spacial score (nSPS) is 14.2. The molecular formula is C11H25N. The molecule has 0 saturated heterocycles. The molecule has 0 aromatic rings. The lowest BCUT2D eigenvalue weighted by Gasteiger charge is -2.22. The average molecular weight is 171 g/mol. The molecule has 0 fully saturated rings. The lowest BCUT2D eigenvalue weighted by Crippen LogP contribution is -2.30. The zero-order valence-electron chi connectivity index (χ0n) is 9.35. The van der Waals surface area contributed by atoms with Crippen LogP contribution in [0.5, 0.6) is 0 Å². The van der Waals surface area contributed by atoms with Crippen molar-refractivity contribution < 1.29 is 0 Å². The highest BCUT2D eigenvalue weighted by Gasteiger charge is 2.12. The van der Waals surface area contributed by atoms with E-state index in [0.717, 1.165) is 11.8 Å².